The van der Waals surface area contributed by atoms with Gasteiger partial charge in [-0.3, -0.25) is 0 Å². The largest absolute Gasteiger partial charge is 0.496 e. The van der Waals surface area contributed by atoms with Crippen LogP contribution in [0.1, 0.15) is 17.5 Å². The quantitative estimate of drug-likeness (QED) is 0.848. The number of ether oxygens (including phenoxy) is 1. The van der Waals surface area contributed by atoms with Crippen LogP contribution >= 0.6 is 0 Å². The van der Waals surface area contributed by atoms with Crippen molar-refractivity contribution < 1.29 is 9.13 Å². The summed E-state index contributed by atoms with van der Waals surface area (Å²) < 4.78 is 18.2. The predicted molar refractivity (Wildman–Crippen MR) is 62.7 cm³/mol. The second-order valence-corrected chi connectivity index (χ2v) is 4.45. The summed E-state index contributed by atoms with van der Waals surface area (Å²) in [6, 6.07) is 6.43. The maximum Gasteiger partial charge on any atom is 0.121 e. The van der Waals surface area contributed by atoms with E-state index in [1.807, 2.05) is 13.0 Å². The van der Waals surface area contributed by atoms with E-state index in [1.165, 1.54) is 5.56 Å². The summed E-state index contributed by atoms with van der Waals surface area (Å²) in [4.78, 5) is 0. The highest BCUT2D eigenvalue weighted by Gasteiger charge is 2.23. The number of hydrogen-bond donors (Lipinski definition) is 1. The lowest BCUT2D eigenvalue weighted by molar-refractivity contribution is 0.355. The summed E-state index contributed by atoms with van der Waals surface area (Å²) in [6.45, 7) is 2.53. The van der Waals surface area contributed by atoms with Crippen LogP contribution in [0, 0.1) is 6.92 Å². The number of nitrogens with one attached hydrogen (secondary N) is 1. The molecule has 0 aromatic heterocycles. The van der Waals surface area contributed by atoms with Crippen LogP contribution in [0.25, 0.3) is 0 Å². The van der Waals surface area contributed by atoms with Gasteiger partial charge in [0.2, 0.25) is 0 Å². The molecule has 1 N–H and O–H groups in total. The Morgan fingerprint density at radius 3 is 2.88 bits per heavy atom. The van der Waals surface area contributed by atoms with Crippen molar-refractivity contribution >= 4 is 0 Å². The summed E-state index contributed by atoms with van der Waals surface area (Å²) >= 11 is 0. The Morgan fingerprint density at radius 2 is 2.31 bits per heavy atom. The molecule has 88 valence electrons. The standard InChI is InChI=1S/C13H18FNO/c1-9-5-10(3-4-13(9)16-2)6-12-7-11(14)8-15-12/h3-5,11-12,15H,6-8H2,1-2H3. The first-order valence-electron chi connectivity index (χ1n) is 5.70. The smallest absolute Gasteiger partial charge is 0.121 e. The Bertz CT molecular complexity index is 367. The highest BCUT2D eigenvalue weighted by Crippen LogP contribution is 2.21. The summed E-state index contributed by atoms with van der Waals surface area (Å²) in [5.74, 6) is 0.909. The van der Waals surface area contributed by atoms with Crippen molar-refractivity contribution in [1.29, 1.82) is 0 Å². The van der Waals surface area contributed by atoms with Gasteiger partial charge < -0.3 is 10.1 Å². The number of alkyl halides is 1. The van der Waals surface area contributed by atoms with Gasteiger partial charge in [-0.2, -0.15) is 0 Å². The van der Waals surface area contributed by atoms with Gasteiger partial charge in [0, 0.05) is 12.6 Å². The minimum Gasteiger partial charge on any atom is -0.496 e. The first-order chi connectivity index (χ1) is 7.69. The van der Waals surface area contributed by atoms with E-state index in [1.54, 1.807) is 7.11 Å². The van der Waals surface area contributed by atoms with Crippen LogP contribution in [0.2, 0.25) is 0 Å². The molecule has 2 atom stereocenters. The molecule has 2 rings (SSSR count). The summed E-state index contributed by atoms with van der Waals surface area (Å²) in [5.41, 5.74) is 2.37. The van der Waals surface area contributed by atoms with Gasteiger partial charge >= 0.3 is 0 Å². The van der Waals surface area contributed by atoms with Gasteiger partial charge in [-0.1, -0.05) is 12.1 Å². The van der Waals surface area contributed by atoms with Crippen LogP contribution in [-0.2, 0) is 6.42 Å². The van der Waals surface area contributed by atoms with Crippen molar-refractivity contribution in [3.8, 4) is 5.75 Å². The van der Waals surface area contributed by atoms with Crippen molar-refractivity contribution in [3.05, 3.63) is 29.3 Å². The second kappa shape index (κ2) is 4.83. The minimum absolute atomic E-state index is 0.280. The second-order valence-electron chi connectivity index (χ2n) is 4.45. The molecule has 0 aliphatic carbocycles. The lowest BCUT2D eigenvalue weighted by atomic mass is 10.0. The number of aryl methyl sites for hydroxylation is 1. The summed E-state index contributed by atoms with van der Waals surface area (Å²) in [7, 11) is 1.67. The van der Waals surface area contributed by atoms with Crippen LogP contribution in [0.15, 0.2) is 18.2 Å². The Kier molecular flexibility index (Phi) is 3.44. The van der Waals surface area contributed by atoms with E-state index < -0.39 is 6.17 Å². The molecule has 2 unspecified atom stereocenters. The van der Waals surface area contributed by atoms with Crippen LogP contribution in [0.4, 0.5) is 4.39 Å². The average molecular weight is 223 g/mol. The zero-order valence-electron chi connectivity index (χ0n) is 9.79. The molecule has 1 fully saturated rings. The molecule has 1 heterocycles. The maximum absolute atomic E-state index is 13.0. The molecular weight excluding hydrogens is 205 g/mol. The molecule has 1 aromatic carbocycles. The van der Waals surface area contributed by atoms with E-state index in [2.05, 4.69) is 17.4 Å². The third-order valence-corrected chi connectivity index (χ3v) is 3.11. The van der Waals surface area contributed by atoms with Crippen molar-refractivity contribution in [2.45, 2.75) is 32.0 Å². The first kappa shape index (κ1) is 11.4. The topological polar surface area (TPSA) is 21.3 Å². The van der Waals surface area contributed by atoms with E-state index in [0.29, 0.717) is 13.0 Å². The Labute approximate surface area is 95.8 Å². The molecule has 1 aromatic rings. The van der Waals surface area contributed by atoms with Gasteiger partial charge in [-0.15, -0.1) is 0 Å². The highest BCUT2D eigenvalue weighted by molar-refractivity contribution is 5.36. The molecule has 1 aliphatic heterocycles. The molecule has 0 spiro atoms. The predicted octanol–water partition coefficient (Wildman–Crippen LogP) is 2.25. The van der Waals surface area contributed by atoms with E-state index in [0.717, 1.165) is 17.7 Å². The van der Waals surface area contributed by atoms with Crippen LogP contribution in [-0.4, -0.2) is 25.9 Å². The maximum atomic E-state index is 13.0. The summed E-state index contributed by atoms with van der Waals surface area (Å²) in [5, 5.41) is 3.20. The zero-order valence-corrected chi connectivity index (χ0v) is 9.79. The van der Waals surface area contributed by atoms with Gasteiger partial charge in [0.15, 0.2) is 0 Å². The molecule has 0 saturated carbocycles. The van der Waals surface area contributed by atoms with Crippen LogP contribution < -0.4 is 10.1 Å². The van der Waals surface area contributed by atoms with E-state index >= 15 is 0 Å². The fraction of sp³-hybridized carbons (Fsp3) is 0.538. The van der Waals surface area contributed by atoms with Crippen molar-refractivity contribution in [3.63, 3.8) is 0 Å². The van der Waals surface area contributed by atoms with E-state index in [-0.39, 0.29) is 6.04 Å². The highest BCUT2D eigenvalue weighted by atomic mass is 19.1. The van der Waals surface area contributed by atoms with Crippen LogP contribution in [0.3, 0.4) is 0 Å². The molecular formula is C13H18FNO. The van der Waals surface area contributed by atoms with E-state index in [4.69, 9.17) is 4.74 Å². The fourth-order valence-electron chi connectivity index (χ4n) is 2.28. The lowest BCUT2D eigenvalue weighted by Gasteiger charge is -2.11. The molecule has 3 heteroatoms. The molecule has 16 heavy (non-hydrogen) atoms. The molecule has 0 bridgehead atoms. The Hall–Kier alpha value is -1.09. The monoisotopic (exact) mass is 223 g/mol. The Balaban J connectivity index is 2.02. The van der Waals surface area contributed by atoms with Gasteiger partial charge in [0.1, 0.15) is 11.9 Å². The number of hydrogen-bond acceptors (Lipinski definition) is 2. The third kappa shape index (κ3) is 2.53. The lowest BCUT2D eigenvalue weighted by Crippen LogP contribution is -2.23. The molecule has 0 radical (unpaired) electrons. The van der Waals surface area contributed by atoms with Crippen molar-refractivity contribution in [1.82, 2.24) is 5.32 Å². The normalized spacial score (nSPS) is 24.7. The van der Waals surface area contributed by atoms with Gasteiger partial charge in [0.05, 0.1) is 7.11 Å². The average Bonchev–Trinajstić information content (AvgIpc) is 2.64. The minimum atomic E-state index is -0.677. The zero-order chi connectivity index (χ0) is 11.5. The first-order valence-corrected chi connectivity index (χ1v) is 5.70. The van der Waals surface area contributed by atoms with Crippen molar-refractivity contribution in [2.24, 2.45) is 0 Å². The van der Waals surface area contributed by atoms with Gasteiger partial charge in [0.25, 0.3) is 0 Å². The van der Waals surface area contributed by atoms with Gasteiger partial charge in [-0.05, 0) is 37.0 Å². The van der Waals surface area contributed by atoms with E-state index in [9.17, 15) is 4.39 Å². The van der Waals surface area contributed by atoms with Crippen LogP contribution in [0.5, 0.6) is 5.75 Å². The summed E-state index contributed by atoms with van der Waals surface area (Å²) in [6.07, 6.45) is 0.848. The van der Waals surface area contributed by atoms with Gasteiger partial charge in [-0.25, -0.2) is 4.39 Å². The number of benzene rings is 1. The number of halogens is 1. The third-order valence-electron chi connectivity index (χ3n) is 3.11. The number of rotatable bonds is 3. The molecule has 1 aliphatic rings. The molecule has 1 saturated heterocycles. The molecule has 0 amide bonds. The molecule has 2 nitrogen and oxygen atoms in total. The Morgan fingerprint density at radius 1 is 1.50 bits per heavy atom. The SMILES string of the molecule is COc1ccc(CC2CC(F)CN2)cc1C. The van der Waals surface area contributed by atoms with Crippen molar-refractivity contribution in [2.75, 3.05) is 13.7 Å². The number of methoxy groups -OCH3 is 1. The fourth-order valence-corrected chi connectivity index (χ4v) is 2.28.